The lowest BCUT2D eigenvalue weighted by molar-refractivity contribution is -0.245. The second-order valence-electron chi connectivity index (χ2n) is 10.6. The lowest BCUT2D eigenvalue weighted by atomic mass is 9.97. The first-order valence-electron chi connectivity index (χ1n) is 14.8. The average Bonchev–Trinajstić information content (AvgIpc) is 3.10. The van der Waals surface area contributed by atoms with Crippen molar-refractivity contribution < 1.29 is 29.4 Å². The highest BCUT2D eigenvalue weighted by atomic mass is 32.2. The van der Waals surface area contributed by atoms with E-state index in [-0.39, 0.29) is 37.6 Å². The van der Waals surface area contributed by atoms with Crippen LogP contribution in [0.1, 0.15) is 60.3 Å². The van der Waals surface area contributed by atoms with Gasteiger partial charge in [-0.1, -0.05) is 84.6 Å². The summed E-state index contributed by atoms with van der Waals surface area (Å²) in [5.74, 6) is -0.00500. The van der Waals surface area contributed by atoms with E-state index in [1.807, 2.05) is 72.8 Å². The molecule has 4 aromatic rings. The van der Waals surface area contributed by atoms with Crippen LogP contribution in [0.25, 0.3) is 11.1 Å². The molecule has 1 aliphatic heterocycles. The lowest BCUT2D eigenvalue weighted by Gasteiger charge is -2.36. The van der Waals surface area contributed by atoms with Crippen molar-refractivity contribution in [1.29, 1.82) is 0 Å². The third-order valence-electron chi connectivity index (χ3n) is 7.47. The number of ether oxygens (including phenoxy) is 2. The van der Waals surface area contributed by atoms with Gasteiger partial charge >= 0.3 is 0 Å². The van der Waals surface area contributed by atoms with Crippen LogP contribution in [0.3, 0.4) is 0 Å². The van der Waals surface area contributed by atoms with Crippen LogP contribution in [0.2, 0.25) is 0 Å². The molecule has 2 heterocycles. The topological polar surface area (TPSA) is 143 Å². The highest BCUT2D eigenvalue weighted by Crippen LogP contribution is 2.39. The second kappa shape index (κ2) is 16.3. The van der Waals surface area contributed by atoms with E-state index in [1.54, 1.807) is 35.7 Å². The van der Waals surface area contributed by atoms with Crippen molar-refractivity contribution in [2.75, 3.05) is 5.75 Å². The lowest BCUT2D eigenvalue weighted by Crippen LogP contribution is -2.31. The third-order valence-corrected chi connectivity index (χ3v) is 8.48. The number of amides is 2. The van der Waals surface area contributed by atoms with Gasteiger partial charge in [0.1, 0.15) is 0 Å². The number of aromatic nitrogens is 2. The molecule has 11 heteroatoms. The van der Waals surface area contributed by atoms with Crippen LogP contribution in [0.4, 0.5) is 0 Å². The van der Waals surface area contributed by atoms with Gasteiger partial charge in [-0.3, -0.25) is 14.8 Å². The average molecular weight is 629 g/mol. The molecule has 1 aliphatic rings. The Morgan fingerprint density at radius 3 is 2.31 bits per heavy atom. The van der Waals surface area contributed by atoms with E-state index in [1.165, 1.54) is 0 Å². The van der Waals surface area contributed by atoms with Crippen molar-refractivity contribution in [1.82, 2.24) is 20.8 Å². The molecule has 1 aromatic heterocycles. The van der Waals surface area contributed by atoms with Gasteiger partial charge in [0.2, 0.25) is 11.8 Å². The van der Waals surface area contributed by atoms with Crippen LogP contribution in [0.15, 0.2) is 96.4 Å². The molecule has 0 radical (unpaired) electrons. The maximum absolute atomic E-state index is 12.3. The number of hydrogen-bond acceptors (Lipinski definition) is 9. The summed E-state index contributed by atoms with van der Waals surface area (Å²) in [5.41, 5.74) is 7.28. The largest absolute Gasteiger partial charge is 0.392 e. The Morgan fingerprint density at radius 2 is 1.58 bits per heavy atom. The third kappa shape index (κ3) is 9.19. The zero-order valence-electron chi connectivity index (χ0n) is 24.7. The summed E-state index contributed by atoms with van der Waals surface area (Å²) in [6.07, 6.45) is 3.86. The van der Waals surface area contributed by atoms with Crippen molar-refractivity contribution in [3.05, 3.63) is 114 Å². The van der Waals surface area contributed by atoms with Gasteiger partial charge in [-0.05, 0) is 40.3 Å². The molecule has 0 aliphatic carbocycles. The Hall–Kier alpha value is -4.13. The van der Waals surface area contributed by atoms with Crippen LogP contribution < -0.4 is 10.8 Å². The first-order chi connectivity index (χ1) is 22.0. The van der Waals surface area contributed by atoms with Crippen molar-refractivity contribution in [3.63, 3.8) is 0 Å². The number of hydroxylamine groups is 1. The van der Waals surface area contributed by atoms with Crippen LogP contribution in [-0.4, -0.2) is 44.0 Å². The van der Waals surface area contributed by atoms with Crippen LogP contribution in [-0.2, 0) is 32.2 Å². The minimum absolute atomic E-state index is 0.0127. The number of benzene rings is 3. The van der Waals surface area contributed by atoms with E-state index in [2.05, 4.69) is 15.3 Å². The molecule has 0 saturated carbocycles. The number of aliphatic hydroxyl groups is 1. The van der Waals surface area contributed by atoms with E-state index in [9.17, 15) is 14.7 Å². The molecule has 10 nitrogen and oxygen atoms in total. The molecule has 45 heavy (non-hydrogen) atoms. The number of rotatable bonds is 13. The Labute approximate surface area is 266 Å². The number of carbonyl (C=O) groups is 2. The Morgan fingerprint density at radius 1 is 0.867 bits per heavy atom. The first-order valence-corrected chi connectivity index (χ1v) is 15.8. The minimum atomic E-state index is -0.583. The molecule has 2 amide bonds. The van der Waals surface area contributed by atoms with E-state index in [0.717, 1.165) is 33.4 Å². The highest BCUT2D eigenvalue weighted by Gasteiger charge is 2.32. The predicted molar refractivity (Wildman–Crippen MR) is 169 cm³/mol. The molecular formula is C34H36N4O6S. The van der Waals surface area contributed by atoms with Gasteiger partial charge in [-0.25, -0.2) is 15.4 Å². The van der Waals surface area contributed by atoms with Crippen LogP contribution in [0, 0.1) is 0 Å². The SMILES string of the molecule is O=C(CCCC(=O)NCc1ccccc1-c1ccc(C2OC(CSc3ncccn3)CC(c3ccc(CO)cc3)O2)cc1)NO. The number of carbonyl (C=O) groups excluding carboxylic acids is 2. The van der Waals surface area contributed by atoms with E-state index >= 15 is 0 Å². The fourth-order valence-corrected chi connectivity index (χ4v) is 5.89. The number of nitrogens with one attached hydrogen (secondary N) is 2. The van der Waals surface area contributed by atoms with E-state index in [0.29, 0.717) is 30.3 Å². The van der Waals surface area contributed by atoms with Crippen LogP contribution in [0.5, 0.6) is 0 Å². The maximum Gasteiger partial charge on any atom is 0.243 e. The molecular weight excluding hydrogens is 592 g/mol. The van der Waals surface area contributed by atoms with Gasteiger partial charge in [0.05, 0.1) is 18.8 Å². The quantitative estimate of drug-likeness (QED) is 0.0674. The number of aliphatic hydroxyl groups excluding tert-OH is 1. The number of thioether (sulfide) groups is 1. The highest BCUT2D eigenvalue weighted by molar-refractivity contribution is 7.99. The summed E-state index contributed by atoms with van der Waals surface area (Å²) in [5, 5.41) is 21.7. The summed E-state index contributed by atoms with van der Waals surface area (Å²) in [6, 6.07) is 25.5. The van der Waals surface area contributed by atoms with Gasteiger partial charge in [0.25, 0.3) is 0 Å². The molecule has 4 N–H and O–H groups in total. The summed E-state index contributed by atoms with van der Waals surface area (Å²) < 4.78 is 12.9. The standard InChI is InChI=1S/C34H36N4O6S/c39-21-23-9-11-25(12-10-23)30-19-28(22-45-34-35-17-4-18-36-34)43-33(44-30)26-15-13-24(14-16-26)29-6-2-1-5-27(29)20-37-31(40)7-3-8-32(41)38-42/h1-2,4-6,9-18,28,30,33,39,42H,3,7-8,19-22H2,(H,37,40)(H,38,41). The second-order valence-corrected chi connectivity index (χ2v) is 11.6. The molecule has 1 fully saturated rings. The van der Waals surface area contributed by atoms with Gasteiger partial charge in [-0.2, -0.15) is 0 Å². The Balaban J connectivity index is 1.27. The fourth-order valence-electron chi connectivity index (χ4n) is 5.07. The van der Waals surface area contributed by atoms with Crippen molar-refractivity contribution >= 4 is 23.6 Å². The van der Waals surface area contributed by atoms with Gasteiger partial charge in [0.15, 0.2) is 11.4 Å². The molecule has 234 valence electrons. The summed E-state index contributed by atoms with van der Waals surface area (Å²) in [7, 11) is 0. The van der Waals surface area contributed by atoms with E-state index in [4.69, 9.17) is 14.7 Å². The summed E-state index contributed by atoms with van der Waals surface area (Å²) in [4.78, 5) is 32.1. The normalized spacial score (nSPS) is 17.9. The first kappa shape index (κ1) is 32.3. The predicted octanol–water partition coefficient (Wildman–Crippen LogP) is 5.27. The summed E-state index contributed by atoms with van der Waals surface area (Å²) in [6.45, 7) is 0.334. The maximum atomic E-state index is 12.3. The van der Waals surface area contributed by atoms with Gasteiger partial charge in [0, 0.05) is 49.5 Å². The number of hydrogen-bond donors (Lipinski definition) is 4. The minimum Gasteiger partial charge on any atom is -0.392 e. The molecule has 1 saturated heterocycles. The monoisotopic (exact) mass is 628 g/mol. The Kier molecular flexibility index (Phi) is 11.7. The smallest absolute Gasteiger partial charge is 0.243 e. The summed E-state index contributed by atoms with van der Waals surface area (Å²) >= 11 is 1.55. The molecule has 3 atom stereocenters. The zero-order valence-corrected chi connectivity index (χ0v) is 25.5. The molecule has 0 bridgehead atoms. The van der Waals surface area contributed by atoms with Gasteiger partial charge < -0.3 is 19.9 Å². The molecule has 5 rings (SSSR count). The Bertz CT molecular complexity index is 1540. The van der Waals surface area contributed by atoms with Crippen molar-refractivity contribution in [2.24, 2.45) is 0 Å². The number of nitrogens with zero attached hydrogens (tertiary/aromatic N) is 2. The van der Waals surface area contributed by atoms with Crippen LogP contribution >= 0.6 is 11.8 Å². The molecule has 3 aromatic carbocycles. The molecule has 3 unspecified atom stereocenters. The van der Waals surface area contributed by atoms with E-state index < -0.39 is 12.2 Å². The van der Waals surface area contributed by atoms with Crippen molar-refractivity contribution in [2.45, 2.75) is 62.5 Å². The molecule has 0 spiro atoms. The van der Waals surface area contributed by atoms with Crippen molar-refractivity contribution in [3.8, 4) is 11.1 Å². The van der Waals surface area contributed by atoms with Gasteiger partial charge in [-0.15, -0.1) is 0 Å². The zero-order chi connectivity index (χ0) is 31.4. The fraction of sp³-hybridized carbons (Fsp3) is 0.294.